The summed E-state index contributed by atoms with van der Waals surface area (Å²) in [7, 11) is 0. The lowest BCUT2D eigenvalue weighted by molar-refractivity contribution is 0.661. The molecule has 0 radical (unpaired) electrons. The number of hydrogen-bond donors (Lipinski definition) is 0. The third-order valence-electron chi connectivity index (χ3n) is 9.82. The zero-order valence-corrected chi connectivity index (χ0v) is 25.7. The Morgan fingerprint density at radius 3 is 2.22 bits per heavy atom. The highest BCUT2D eigenvalue weighted by molar-refractivity contribution is 7.25. The summed E-state index contributed by atoms with van der Waals surface area (Å²) in [5.74, 6) is 0.695. The maximum atomic E-state index is 5.46. The minimum absolute atomic E-state index is 0.102. The molecule has 0 atom stereocenters. The molecule has 3 aromatic heterocycles. The number of hydrogen-bond acceptors (Lipinski definition) is 3. The van der Waals surface area contributed by atoms with Crippen LogP contribution in [0.15, 0.2) is 127 Å². The highest BCUT2D eigenvalue weighted by Crippen LogP contribution is 2.52. The van der Waals surface area contributed by atoms with E-state index in [1.807, 2.05) is 11.3 Å². The molecule has 1 aliphatic carbocycles. The Morgan fingerprint density at radius 2 is 1.31 bits per heavy atom. The Morgan fingerprint density at radius 1 is 0.578 bits per heavy atom. The zero-order valence-electron chi connectivity index (χ0n) is 24.9. The standard InChI is InChI=1S/C41H27N3S/c1-41(2)31-15-7-3-13-28(31)37-32(41)21-20-27-25-11-5-9-17-34(25)44(39(27)37)40-42-33-16-8-4-14-29(33)38(43-40)24-19-22-36-30(23-24)26-12-6-10-18-35(26)45-36/h3-23H,1-2H3. The number of thiophene rings is 1. The SMILES string of the molecule is CC1(C)c2ccccc2-c2c1ccc1c3ccccc3n(-c3nc(-c4ccc5sc6ccccc6c5c4)c4ccccc4n3)c21. The topological polar surface area (TPSA) is 30.7 Å². The van der Waals surface area contributed by atoms with Gasteiger partial charge in [0.25, 0.3) is 0 Å². The molecular formula is C41H27N3S. The molecule has 0 spiro atoms. The predicted octanol–water partition coefficient (Wildman–Crippen LogP) is 11.1. The minimum Gasteiger partial charge on any atom is -0.277 e. The summed E-state index contributed by atoms with van der Waals surface area (Å²) in [5, 5.41) is 6.05. The van der Waals surface area contributed by atoms with Crippen LogP contribution >= 0.6 is 11.3 Å². The van der Waals surface area contributed by atoms with E-state index in [2.05, 4.69) is 146 Å². The number of rotatable bonds is 2. The van der Waals surface area contributed by atoms with Gasteiger partial charge in [0.15, 0.2) is 0 Å². The highest BCUT2D eigenvalue weighted by atomic mass is 32.1. The summed E-state index contributed by atoms with van der Waals surface area (Å²) < 4.78 is 4.91. The molecule has 0 fully saturated rings. The van der Waals surface area contributed by atoms with Crippen LogP contribution in [0.1, 0.15) is 25.0 Å². The van der Waals surface area contributed by atoms with Crippen molar-refractivity contribution in [2.24, 2.45) is 0 Å². The number of benzene rings is 6. The normalized spacial score (nSPS) is 13.7. The van der Waals surface area contributed by atoms with Crippen molar-refractivity contribution in [3.63, 3.8) is 0 Å². The molecular weight excluding hydrogens is 567 g/mol. The average molecular weight is 594 g/mol. The molecule has 3 heterocycles. The van der Waals surface area contributed by atoms with Crippen LogP contribution in [-0.2, 0) is 5.41 Å². The molecule has 0 saturated heterocycles. The maximum absolute atomic E-state index is 5.46. The lowest BCUT2D eigenvalue weighted by atomic mass is 9.82. The van der Waals surface area contributed by atoms with Gasteiger partial charge in [0.2, 0.25) is 5.95 Å². The van der Waals surface area contributed by atoms with Crippen LogP contribution in [0.4, 0.5) is 0 Å². The Kier molecular flexibility index (Phi) is 4.94. The van der Waals surface area contributed by atoms with E-state index in [0.717, 1.165) is 27.7 Å². The van der Waals surface area contributed by atoms with Gasteiger partial charge < -0.3 is 0 Å². The molecule has 45 heavy (non-hydrogen) atoms. The van der Waals surface area contributed by atoms with E-state index in [9.17, 15) is 0 Å². The Labute approximate surface area is 264 Å². The van der Waals surface area contributed by atoms with E-state index >= 15 is 0 Å². The number of para-hydroxylation sites is 2. The van der Waals surface area contributed by atoms with Gasteiger partial charge in [-0.1, -0.05) is 111 Å². The maximum Gasteiger partial charge on any atom is 0.235 e. The molecule has 0 bridgehead atoms. The number of aromatic nitrogens is 3. The predicted molar refractivity (Wildman–Crippen MR) is 190 cm³/mol. The molecule has 3 nitrogen and oxygen atoms in total. The lowest BCUT2D eigenvalue weighted by Gasteiger charge is -2.21. The van der Waals surface area contributed by atoms with Gasteiger partial charge in [-0.25, -0.2) is 9.97 Å². The molecule has 4 heteroatoms. The molecule has 0 unspecified atom stereocenters. The van der Waals surface area contributed by atoms with Crippen molar-refractivity contribution in [3.05, 3.63) is 139 Å². The van der Waals surface area contributed by atoms with Crippen molar-refractivity contribution in [2.45, 2.75) is 19.3 Å². The van der Waals surface area contributed by atoms with E-state index in [4.69, 9.17) is 9.97 Å². The largest absolute Gasteiger partial charge is 0.277 e. The molecule has 6 aromatic carbocycles. The molecule has 10 rings (SSSR count). The monoisotopic (exact) mass is 593 g/mol. The summed E-state index contributed by atoms with van der Waals surface area (Å²) in [6.45, 7) is 4.68. The fourth-order valence-electron chi connectivity index (χ4n) is 7.71. The second-order valence-corrected chi connectivity index (χ2v) is 13.7. The summed E-state index contributed by atoms with van der Waals surface area (Å²) in [6, 6.07) is 46.0. The van der Waals surface area contributed by atoms with Gasteiger partial charge in [-0.15, -0.1) is 11.3 Å². The molecule has 212 valence electrons. The van der Waals surface area contributed by atoms with Gasteiger partial charge in [0.05, 0.1) is 22.2 Å². The zero-order chi connectivity index (χ0) is 29.9. The second-order valence-electron chi connectivity index (χ2n) is 12.6. The fraction of sp³-hybridized carbons (Fsp3) is 0.0732. The van der Waals surface area contributed by atoms with Crippen LogP contribution in [0.25, 0.3) is 81.2 Å². The van der Waals surface area contributed by atoms with E-state index in [1.54, 1.807) is 0 Å². The molecule has 9 aromatic rings. The molecule has 1 aliphatic rings. The van der Waals surface area contributed by atoms with Crippen molar-refractivity contribution >= 4 is 64.2 Å². The van der Waals surface area contributed by atoms with Crippen molar-refractivity contribution in [3.8, 4) is 28.3 Å². The first kappa shape index (κ1) is 25.1. The third kappa shape index (κ3) is 3.35. The van der Waals surface area contributed by atoms with Crippen LogP contribution in [-0.4, -0.2) is 14.5 Å². The lowest BCUT2D eigenvalue weighted by Crippen LogP contribution is -2.14. The van der Waals surface area contributed by atoms with Crippen molar-refractivity contribution in [1.82, 2.24) is 14.5 Å². The van der Waals surface area contributed by atoms with Crippen LogP contribution < -0.4 is 0 Å². The molecule has 0 saturated carbocycles. The minimum atomic E-state index is -0.102. The molecule has 0 aliphatic heterocycles. The van der Waals surface area contributed by atoms with Crippen LogP contribution in [0, 0.1) is 0 Å². The van der Waals surface area contributed by atoms with Gasteiger partial charge in [-0.2, -0.15) is 0 Å². The Balaban J connectivity index is 1.33. The molecule has 0 N–H and O–H groups in total. The van der Waals surface area contributed by atoms with Crippen molar-refractivity contribution < 1.29 is 0 Å². The van der Waals surface area contributed by atoms with E-state index in [-0.39, 0.29) is 5.41 Å². The van der Waals surface area contributed by atoms with Gasteiger partial charge >= 0.3 is 0 Å². The van der Waals surface area contributed by atoms with Gasteiger partial charge in [-0.3, -0.25) is 4.57 Å². The van der Waals surface area contributed by atoms with Crippen molar-refractivity contribution in [1.29, 1.82) is 0 Å². The number of nitrogens with zero attached hydrogens (tertiary/aromatic N) is 3. The van der Waals surface area contributed by atoms with Gasteiger partial charge in [0.1, 0.15) is 0 Å². The molecule has 0 amide bonds. The first-order valence-corrected chi connectivity index (χ1v) is 16.2. The van der Waals surface area contributed by atoms with Crippen molar-refractivity contribution in [2.75, 3.05) is 0 Å². The van der Waals surface area contributed by atoms with Gasteiger partial charge in [0, 0.05) is 52.9 Å². The van der Waals surface area contributed by atoms with Crippen LogP contribution in [0.2, 0.25) is 0 Å². The van der Waals surface area contributed by atoms with Gasteiger partial charge in [-0.05, 0) is 47.0 Å². The third-order valence-corrected chi connectivity index (χ3v) is 11.0. The van der Waals surface area contributed by atoms with E-state index < -0.39 is 0 Å². The fourth-order valence-corrected chi connectivity index (χ4v) is 8.79. The van der Waals surface area contributed by atoms with Crippen LogP contribution in [0.5, 0.6) is 0 Å². The Hall–Kier alpha value is -5.32. The Bertz CT molecular complexity index is 2690. The quantitative estimate of drug-likeness (QED) is 0.200. The van der Waals surface area contributed by atoms with Crippen LogP contribution in [0.3, 0.4) is 0 Å². The number of fused-ring (bicyclic) bond motifs is 11. The smallest absolute Gasteiger partial charge is 0.235 e. The second kappa shape index (κ2) is 8.87. The summed E-state index contributed by atoms with van der Waals surface area (Å²) in [4.78, 5) is 10.7. The first-order valence-electron chi connectivity index (χ1n) is 15.4. The summed E-state index contributed by atoms with van der Waals surface area (Å²) in [5.41, 5.74) is 10.5. The summed E-state index contributed by atoms with van der Waals surface area (Å²) >= 11 is 1.84. The summed E-state index contributed by atoms with van der Waals surface area (Å²) in [6.07, 6.45) is 0. The highest BCUT2D eigenvalue weighted by Gasteiger charge is 2.37. The first-order chi connectivity index (χ1) is 22.1. The van der Waals surface area contributed by atoms with E-state index in [0.29, 0.717) is 5.95 Å². The average Bonchev–Trinajstić information content (AvgIpc) is 3.70. The van der Waals surface area contributed by atoms with E-state index in [1.165, 1.54) is 58.7 Å².